The number of hydrogen-bond acceptors (Lipinski definition) is 0. The van der Waals surface area contributed by atoms with Crippen LogP contribution in [0.3, 0.4) is 0 Å². The largest absolute Gasteiger partial charge is 0.149 e. The Morgan fingerprint density at radius 3 is 2.75 bits per heavy atom. The summed E-state index contributed by atoms with van der Waals surface area (Å²) in [6.45, 7) is 4.43. The second-order valence-electron chi connectivity index (χ2n) is 4.63. The van der Waals surface area contributed by atoms with Gasteiger partial charge in [-0.05, 0) is 49.1 Å². The molecule has 1 atom stereocenters. The minimum Gasteiger partial charge on any atom is -0.0754 e. The Morgan fingerprint density at radius 2 is 2.06 bits per heavy atom. The molecule has 2 rings (SSSR count). The molecule has 1 aliphatic carbocycles. The molecule has 0 spiro atoms. The standard InChI is InChI=1S/C15H18S/c1-11-7-8-14(15(16)9-11)10-13-6-4-3-5-12(13)2/h3-6,8-9,11,16H,7,10H2,1-2H3/p+1. The molecule has 16 heavy (non-hydrogen) atoms. The van der Waals surface area contributed by atoms with E-state index < -0.39 is 0 Å². The highest BCUT2D eigenvalue weighted by Gasteiger charge is 2.15. The van der Waals surface area contributed by atoms with Crippen LogP contribution in [0.4, 0.5) is 0 Å². The lowest BCUT2D eigenvalue weighted by atomic mass is 9.93. The lowest BCUT2D eigenvalue weighted by Crippen LogP contribution is -2.03. The van der Waals surface area contributed by atoms with Crippen LogP contribution in [-0.2, 0) is 19.0 Å². The third kappa shape index (κ3) is 2.59. The molecule has 0 aliphatic heterocycles. The van der Waals surface area contributed by atoms with Gasteiger partial charge in [-0.25, -0.2) is 0 Å². The Balaban J connectivity index is 2.18. The third-order valence-corrected chi connectivity index (χ3v) is 3.66. The van der Waals surface area contributed by atoms with Crippen molar-refractivity contribution in [2.45, 2.75) is 26.7 Å². The Bertz CT molecular complexity index is 441. The summed E-state index contributed by atoms with van der Waals surface area (Å²) in [5.74, 6) is 0.660. The molecular weight excluding hydrogens is 212 g/mol. The smallest absolute Gasteiger partial charge is 0.0754 e. The van der Waals surface area contributed by atoms with Gasteiger partial charge in [0.2, 0.25) is 0 Å². The summed E-state index contributed by atoms with van der Waals surface area (Å²) in [5, 5.41) is 0. The van der Waals surface area contributed by atoms with Gasteiger partial charge in [0, 0.05) is 12.0 Å². The van der Waals surface area contributed by atoms with E-state index in [-0.39, 0.29) is 0 Å². The van der Waals surface area contributed by atoms with Crippen LogP contribution in [-0.4, -0.2) is 0 Å². The summed E-state index contributed by atoms with van der Waals surface area (Å²) in [4.78, 5) is 1.27. The highest BCUT2D eigenvalue weighted by Crippen LogP contribution is 2.25. The van der Waals surface area contributed by atoms with Crippen LogP contribution in [0.2, 0.25) is 0 Å². The SMILES string of the molecule is Cc1ccccc1CC1=CCC(C)C=C1[SH2+]. The lowest BCUT2D eigenvalue weighted by molar-refractivity contribution is 0.725. The minimum atomic E-state index is 0.660. The zero-order valence-electron chi connectivity index (χ0n) is 9.96. The van der Waals surface area contributed by atoms with Crippen molar-refractivity contribution in [2.24, 2.45) is 5.92 Å². The van der Waals surface area contributed by atoms with Gasteiger partial charge >= 0.3 is 0 Å². The normalized spacial score (nSPS) is 20.3. The van der Waals surface area contributed by atoms with E-state index in [1.165, 1.54) is 21.6 Å². The highest BCUT2D eigenvalue weighted by molar-refractivity contribution is 7.63. The van der Waals surface area contributed by atoms with E-state index in [1.54, 1.807) is 0 Å². The number of rotatable bonds is 2. The van der Waals surface area contributed by atoms with Gasteiger partial charge in [-0.15, -0.1) is 0 Å². The minimum absolute atomic E-state index is 0.660. The quantitative estimate of drug-likeness (QED) is 0.684. The molecule has 0 bridgehead atoms. The summed E-state index contributed by atoms with van der Waals surface area (Å²) < 4.78 is 0. The summed E-state index contributed by atoms with van der Waals surface area (Å²) >= 11 is 3.72. The van der Waals surface area contributed by atoms with Crippen molar-refractivity contribution in [1.29, 1.82) is 0 Å². The van der Waals surface area contributed by atoms with Crippen molar-refractivity contribution in [1.82, 2.24) is 0 Å². The molecule has 0 heterocycles. The highest BCUT2D eigenvalue weighted by atomic mass is 32.1. The molecule has 0 fully saturated rings. The molecule has 0 nitrogen and oxygen atoms in total. The monoisotopic (exact) mass is 231 g/mol. The molecule has 0 saturated carbocycles. The van der Waals surface area contributed by atoms with Crippen LogP contribution in [0.5, 0.6) is 0 Å². The van der Waals surface area contributed by atoms with Crippen molar-refractivity contribution in [3.05, 3.63) is 58.0 Å². The van der Waals surface area contributed by atoms with Crippen LogP contribution in [0.15, 0.2) is 46.9 Å². The van der Waals surface area contributed by atoms with Crippen molar-refractivity contribution in [3.63, 3.8) is 0 Å². The van der Waals surface area contributed by atoms with E-state index in [0.717, 1.165) is 12.8 Å². The molecule has 0 radical (unpaired) electrons. The van der Waals surface area contributed by atoms with Gasteiger partial charge in [-0.3, -0.25) is 0 Å². The molecule has 1 aromatic carbocycles. The lowest BCUT2D eigenvalue weighted by Gasteiger charge is -2.13. The molecule has 1 heteroatoms. The first-order valence-electron chi connectivity index (χ1n) is 5.84. The first-order valence-corrected chi connectivity index (χ1v) is 6.34. The van der Waals surface area contributed by atoms with Crippen molar-refractivity contribution in [2.75, 3.05) is 0 Å². The van der Waals surface area contributed by atoms with Crippen molar-refractivity contribution < 1.29 is 0 Å². The predicted molar refractivity (Wildman–Crippen MR) is 75.0 cm³/mol. The average molecular weight is 231 g/mol. The Kier molecular flexibility index (Phi) is 3.55. The summed E-state index contributed by atoms with van der Waals surface area (Å²) in [5.41, 5.74) is 4.22. The molecule has 1 aliphatic rings. The van der Waals surface area contributed by atoms with E-state index in [4.69, 9.17) is 0 Å². The maximum absolute atomic E-state index is 3.72. The maximum Gasteiger partial charge on any atom is 0.149 e. The van der Waals surface area contributed by atoms with E-state index >= 15 is 0 Å². The van der Waals surface area contributed by atoms with Crippen LogP contribution in [0.1, 0.15) is 24.5 Å². The fourth-order valence-corrected chi connectivity index (χ4v) is 2.55. The van der Waals surface area contributed by atoms with E-state index in [2.05, 4.69) is 62.9 Å². The maximum atomic E-state index is 3.72. The fraction of sp³-hybridized carbons (Fsp3) is 0.333. The molecule has 0 N–H and O–H groups in total. The van der Waals surface area contributed by atoms with Crippen LogP contribution in [0, 0.1) is 12.8 Å². The number of benzene rings is 1. The Hall–Kier alpha value is -0.950. The van der Waals surface area contributed by atoms with E-state index in [1.807, 2.05) is 0 Å². The Labute approximate surface area is 103 Å². The van der Waals surface area contributed by atoms with Crippen molar-refractivity contribution in [3.8, 4) is 0 Å². The molecule has 0 amide bonds. The van der Waals surface area contributed by atoms with Crippen LogP contribution >= 0.6 is 0 Å². The van der Waals surface area contributed by atoms with Gasteiger partial charge < -0.3 is 0 Å². The second kappa shape index (κ2) is 4.92. The first-order chi connectivity index (χ1) is 7.66. The number of allylic oxidation sites excluding steroid dienone is 3. The zero-order valence-corrected chi connectivity index (χ0v) is 11.0. The third-order valence-electron chi connectivity index (χ3n) is 3.18. The van der Waals surface area contributed by atoms with Gasteiger partial charge in [0.1, 0.15) is 4.91 Å². The zero-order chi connectivity index (χ0) is 11.5. The molecule has 1 aromatic rings. The van der Waals surface area contributed by atoms with Crippen LogP contribution in [0.25, 0.3) is 0 Å². The first kappa shape index (κ1) is 11.5. The summed E-state index contributed by atoms with van der Waals surface area (Å²) in [7, 11) is 0. The Morgan fingerprint density at radius 1 is 1.31 bits per heavy atom. The van der Waals surface area contributed by atoms with E-state index in [9.17, 15) is 0 Å². The second-order valence-corrected chi connectivity index (χ2v) is 5.16. The fourth-order valence-electron chi connectivity index (χ4n) is 2.08. The summed E-state index contributed by atoms with van der Waals surface area (Å²) in [6, 6.07) is 8.61. The van der Waals surface area contributed by atoms with Gasteiger partial charge in [-0.1, -0.05) is 37.3 Å². The van der Waals surface area contributed by atoms with Crippen LogP contribution < -0.4 is 0 Å². The van der Waals surface area contributed by atoms with Gasteiger partial charge in [0.25, 0.3) is 0 Å². The van der Waals surface area contributed by atoms with Crippen molar-refractivity contribution >= 4 is 12.6 Å². The van der Waals surface area contributed by atoms with E-state index in [0.29, 0.717) is 5.92 Å². The van der Waals surface area contributed by atoms with Gasteiger partial charge in [0.15, 0.2) is 0 Å². The topological polar surface area (TPSA) is 0 Å². The molecule has 0 aromatic heterocycles. The number of aryl methyl sites for hydroxylation is 1. The average Bonchev–Trinajstić information content (AvgIpc) is 2.25. The van der Waals surface area contributed by atoms with Gasteiger partial charge in [-0.2, -0.15) is 0 Å². The predicted octanol–water partition coefficient (Wildman–Crippen LogP) is 3.40. The molecule has 84 valence electrons. The number of hydrogen-bond donors (Lipinski definition) is 0. The summed E-state index contributed by atoms with van der Waals surface area (Å²) in [6.07, 6.45) is 6.87. The molecule has 0 saturated heterocycles. The molecular formula is C15H19S+. The molecule has 1 unspecified atom stereocenters. The van der Waals surface area contributed by atoms with Gasteiger partial charge in [0.05, 0.1) is 0 Å².